The van der Waals surface area contributed by atoms with Gasteiger partial charge in [0.2, 0.25) is 5.91 Å². The van der Waals surface area contributed by atoms with Gasteiger partial charge in [0, 0.05) is 12.5 Å². The quantitative estimate of drug-likeness (QED) is 0.580. The van der Waals surface area contributed by atoms with Gasteiger partial charge in [-0.3, -0.25) is 4.79 Å². The molecule has 0 bridgehead atoms. The van der Waals surface area contributed by atoms with Gasteiger partial charge in [0.1, 0.15) is 12.1 Å². The summed E-state index contributed by atoms with van der Waals surface area (Å²) < 4.78 is 11.2. The van der Waals surface area contributed by atoms with Gasteiger partial charge in [-0.15, -0.1) is 0 Å². The molecule has 1 saturated heterocycles. The summed E-state index contributed by atoms with van der Waals surface area (Å²) in [6.45, 7) is 0.663. The van der Waals surface area contributed by atoms with E-state index in [2.05, 4.69) is 34.9 Å². The molecule has 2 unspecified atom stereocenters. The number of rotatable bonds is 7. The van der Waals surface area contributed by atoms with Gasteiger partial charge >= 0.3 is 12.1 Å². The maximum atomic E-state index is 12.5. The number of carboxylic acid groups (broad SMARTS) is 1. The number of ether oxygens (including phenoxy) is 2. The summed E-state index contributed by atoms with van der Waals surface area (Å²) in [5.74, 6) is -1.72. The first-order valence-electron chi connectivity index (χ1n) is 11.7. The first kappa shape index (κ1) is 22.4. The maximum absolute atomic E-state index is 12.5. The number of fused-ring (bicyclic) bond motifs is 3. The van der Waals surface area contributed by atoms with Crippen molar-refractivity contribution in [2.75, 3.05) is 19.8 Å². The largest absolute Gasteiger partial charge is 0.480 e. The van der Waals surface area contributed by atoms with Crippen molar-refractivity contribution < 1.29 is 29.0 Å². The maximum Gasteiger partial charge on any atom is 0.407 e. The van der Waals surface area contributed by atoms with Crippen molar-refractivity contribution in [2.45, 2.75) is 43.2 Å². The summed E-state index contributed by atoms with van der Waals surface area (Å²) in [6, 6.07) is 16.3. The van der Waals surface area contributed by atoms with Gasteiger partial charge in [-0.25, -0.2) is 9.59 Å². The van der Waals surface area contributed by atoms with Crippen LogP contribution in [0, 0.1) is 5.92 Å². The topological polar surface area (TPSA) is 114 Å². The monoisotopic (exact) mass is 464 g/mol. The van der Waals surface area contributed by atoms with Crippen LogP contribution in [0.3, 0.4) is 0 Å². The number of hydrogen-bond acceptors (Lipinski definition) is 5. The number of aliphatic carboxylic acids is 1. The lowest BCUT2D eigenvalue weighted by molar-refractivity contribution is -0.152. The lowest BCUT2D eigenvalue weighted by Crippen LogP contribution is -2.60. The van der Waals surface area contributed by atoms with Gasteiger partial charge in [0.05, 0.1) is 18.6 Å². The Bertz CT molecular complexity index is 1070. The Morgan fingerprint density at radius 1 is 1.03 bits per heavy atom. The van der Waals surface area contributed by atoms with E-state index in [0.29, 0.717) is 19.3 Å². The van der Waals surface area contributed by atoms with Crippen molar-refractivity contribution in [3.63, 3.8) is 0 Å². The number of alkyl carbamates (subject to hydrolysis) is 1. The Labute approximate surface area is 197 Å². The number of nitrogens with one attached hydrogen (secondary N) is 2. The van der Waals surface area contributed by atoms with E-state index in [1.54, 1.807) is 0 Å². The van der Waals surface area contributed by atoms with E-state index in [4.69, 9.17) is 9.47 Å². The summed E-state index contributed by atoms with van der Waals surface area (Å²) in [6.07, 6.45) is 1.27. The molecule has 34 heavy (non-hydrogen) atoms. The Hall–Kier alpha value is -3.39. The number of carbonyl (C=O) groups excluding carboxylic acids is 2. The Morgan fingerprint density at radius 3 is 2.26 bits per heavy atom. The van der Waals surface area contributed by atoms with Crippen molar-refractivity contribution in [3.8, 4) is 11.1 Å². The molecule has 1 saturated carbocycles. The van der Waals surface area contributed by atoms with E-state index in [1.807, 2.05) is 24.3 Å². The molecule has 178 valence electrons. The Morgan fingerprint density at radius 2 is 1.68 bits per heavy atom. The smallest absolute Gasteiger partial charge is 0.407 e. The van der Waals surface area contributed by atoms with Crippen molar-refractivity contribution in [1.82, 2.24) is 10.6 Å². The number of benzene rings is 2. The fourth-order valence-corrected chi connectivity index (χ4v) is 5.14. The van der Waals surface area contributed by atoms with E-state index in [1.165, 1.54) is 11.1 Å². The first-order valence-corrected chi connectivity index (χ1v) is 11.7. The molecule has 3 N–H and O–H groups in total. The second-order valence-corrected chi connectivity index (χ2v) is 9.32. The van der Waals surface area contributed by atoms with Crippen molar-refractivity contribution in [3.05, 3.63) is 59.7 Å². The Kier molecular flexibility index (Phi) is 6.00. The third-order valence-electron chi connectivity index (χ3n) is 7.25. The number of carbonyl (C=O) groups is 3. The van der Waals surface area contributed by atoms with Gasteiger partial charge in [0.15, 0.2) is 0 Å². The normalized spacial score (nSPS) is 22.2. The standard InChI is InChI=1S/C26H28N2O6/c29-23(28-26(24(30)31)10-5-11-26)16-12-17(33-14-16)13-27-25(32)34-15-22-20-8-3-1-6-18(20)19-7-2-4-9-21(19)22/h1-4,6-9,16-17,22H,5,10-15H2,(H,27,32)(H,28,29)(H,30,31). The van der Waals surface area contributed by atoms with Crippen LogP contribution in [-0.2, 0) is 19.1 Å². The molecule has 0 radical (unpaired) electrons. The molecule has 0 spiro atoms. The fourth-order valence-electron chi connectivity index (χ4n) is 5.14. The summed E-state index contributed by atoms with van der Waals surface area (Å²) in [7, 11) is 0. The summed E-state index contributed by atoms with van der Waals surface area (Å²) >= 11 is 0. The summed E-state index contributed by atoms with van der Waals surface area (Å²) in [5.41, 5.74) is 3.50. The average molecular weight is 465 g/mol. The SMILES string of the molecule is O=C(NCC1CC(C(=O)NC2(C(=O)O)CCC2)CO1)OCC1c2ccccc2-c2ccccc21. The summed E-state index contributed by atoms with van der Waals surface area (Å²) in [5, 5.41) is 14.8. The lowest BCUT2D eigenvalue weighted by atomic mass is 9.76. The zero-order chi connectivity index (χ0) is 23.7. The van der Waals surface area contributed by atoms with Crippen LogP contribution in [0.2, 0.25) is 0 Å². The molecule has 0 aromatic heterocycles. The number of carboxylic acids is 1. The van der Waals surface area contributed by atoms with Crippen LogP contribution in [0.15, 0.2) is 48.5 Å². The second kappa shape index (κ2) is 9.10. The molecule has 2 fully saturated rings. The fraction of sp³-hybridized carbons (Fsp3) is 0.423. The van der Waals surface area contributed by atoms with E-state index >= 15 is 0 Å². The van der Waals surface area contributed by atoms with E-state index in [0.717, 1.165) is 17.5 Å². The third kappa shape index (κ3) is 4.14. The van der Waals surface area contributed by atoms with Gasteiger partial charge in [0.25, 0.3) is 0 Å². The highest BCUT2D eigenvalue weighted by atomic mass is 16.5. The van der Waals surface area contributed by atoms with E-state index in [9.17, 15) is 19.5 Å². The minimum absolute atomic E-state index is 0.0120. The molecule has 3 aliphatic rings. The van der Waals surface area contributed by atoms with Gasteiger partial charge in [-0.1, -0.05) is 48.5 Å². The van der Waals surface area contributed by atoms with Gasteiger partial charge < -0.3 is 25.2 Å². The predicted molar refractivity (Wildman–Crippen MR) is 123 cm³/mol. The molecule has 2 atom stereocenters. The molecule has 5 rings (SSSR count). The van der Waals surface area contributed by atoms with E-state index in [-0.39, 0.29) is 37.7 Å². The first-order chi connectivity index (χ1) is 16.5. The second-order valence-electron chi connectivity index (χ2n) is 9.32. The molecule has 8 nitrogen and oxygen atoms in total. The van der Waals surface area contributed by atoms with Crippen molar-refractivity contribution in [1.29, 1.82) is 0 Å². The van der Waals surface area contributed by atoms with E-state index < -0.39 is 23.5 Å². The molecular weight excluding hydrogens is 436 g/mol. The van der Waals surface area contributed by atoms with Crippen LogP contribution in [-0.4, -0.2) is 54.5 Å². The highest BCUT2D eigenvalue weighted by Gasteiger charge is 2.47. The van der Waals surface area contributed by atoms with Crippen LogP contribution in [0.25, 0.3) is 11.1 Å². The molecule has 1 heterocycles. The van der Waals surface area contributed by atoms with Crippen molar-refractivity contribution in [2.24, 2.45) is 5.92 Å². The van der Waals surface area contributed by atoms with Gasteiger partial charge in [-0.05, 0) is 47.9 Å². The molecule has 2 amide bonds. The molecule has 2 aromatic carbocycles. The Balaban J connectivity index is 1.10. The number of hydrogen-bond donors (Lipinski definition) is 3. The summed E-state index contributed by atoms with van der Waals surface area (Å²) in [4.78, 5) is 36.4. The zero-order valence-corrected chi connectivity index (χ0v) is 18.8. The van der Waals surface area contributed by atoms with Crippen LogP contribution >= 0.6 is 0 Å². The molecule has 2 aliphatic carbocycles. The molecule has 8 heteroatoms. The average Bonchev–Trinajstić information content (AvgIpc) is 3.41. The van der Waals surface area contributed by atoms with Crippen LogP contribution in [0.1, 0.15) is 42.7 Å². The minimum atomic E-state index is -1.13. The van der Waals surface area contributed by atoms with Crippen molar-refractivity contribution >= 4 is 18.0 Å². The van der Waals surface area contributed by atoms with Crippen LogP contribution in [0.4, 0.5) is 4.79 Å². The number of amides is 2. The highest BCUT2D eigenvalue weighted by molar-refractivity contribution is 5.89. The lowest BCUT2D eigenvalue weighted by Gasteiger charge is -2.38. The molecule has 2 aromatic rings. The zero-order valence-electron chi connectivity index (χ0n) is 18.8. The van der Waals surface area contributed by atoms with Crippen LogP contribution < -0.4 is 10.6 Å². The highest BCUT2D eigenvalue weighted by Crippen LogP contribution is 2.44. The van der Waals surface area contributed by atoms with Gasteiger partial charge in [-0.2, -0.15) is 0 Å². The predicted octanol–water partition coefficient (Wildman–Crippen LogP) is 3.05. The molecule has 1 aliphatic heterocycles. The van der Waals surface area contributed by atoms with Crippen LogP contribution in [0.5, 0.6) is 0 Å². The molecular formula is C26H28N2O6. The third-order valence-corrected chi connectivity index (χ3v) is 7.25. The minimum Gasteiger partial charge on any atom is -0.480 e.